The lowest BCUT2D eigenvalue weighted by atomic mass is 10.1. The number of para-hydroxylation sites is 4. The summed E-state index contributed by atoms with van der Waals surface area (Å²) in [5.74, 6) is -0.136. The molecule has 0 bridgehead atoms. The maximum absolute atomic E-state index is 13.0. The number of carbonyl (C=O) groups excluding carboxylic acids is 1. The molecule has 0 spiro atoms. The van der Waals surface area contributed by atoms with Crippen molar-refractivity contribution in [1.82, 2.24) is 19.5 Å². The van der Waals surface area contributed by atoms with Gasteiger partial charge in [-0.3, -0.25) is 14.2 Å². The Hall–Kier alpha value is -3.71. The van der Waals surface area contributed by atoms with E-state index < -0.39 is 5.25 Å². The summed E-state index contributed by atoms with van der Waals surface area (Å²) in [5, 5.41) is 0.0846. The van der Waals surface area contributed by atoms with Gasteiger partial charge in [0.25, 0.3) is 5.56 Å². The van der Waals surface area contributed by atoms with Gasteiger partial charge in [0.05, 0.1) is 27.3 Å². The second-order valence-electron chi connectivity index (χ2n) is 7.11. The lowest BCUT2D eigenvalue weighted by Crippen LogP contribution is -2.19. The fourth-order valence-electron chi connectivity index (χ4n) is 3.62. The summed E-state index contributed by atoms with van der Waals surface area (Å²) in [6, 6.07) is 24.6. The molecule has 0 aliphatic heterocycles. The van der Waals surface area contributed by atoms with Crippen LogP contribution in [0.4, 0.5) is 0 Å². The van der Waals surface area contributed by atoms with Crippen LogP contribution < -0.4 is 5.56 Å². The van der Waals surface area contributed by atoms with Crippen molar-refractivity contribution in [1.29, 1.82) is 0 Å². The first kappa shape index (κ1) is 19.3. The highest BCUT2D eigenvalue weighted by Gasteiger charge is 2.25. The molecule has 1 atom stereocenters. The van der Waals surface area contributed by atoms with Crippen molar-refractivity contribution in [2.75, 3.05) is 0 Å². The Morgan fingerprint density at radius 2 is 1.58 bits per heavy atom. The largest absolute Gasteiger partial charge is 0.319 e. The molecule has 31 heavy (non-hydrogen) atoms. The van der Waals surface area contributed by atoms with E-state index in [0.29, 0.717) is 21.9 Å². The van der Waals surface area contributed by atoms with Crippen molar-refractivity contribution < 1.29 is 4.79 Å². The van der Waals surface area contributed by atoms with Crippen molar-refractivity contribution in [2.24, 2.45) is 0 Å². The molecular formula is C24H18N4O2S. The molecule has 0 radical (unpaired) electrons. The van der Waals surface area contributed by atoms with Crippen molar-refractivity contribution in [3.05, 3.63) is 100 Å². The highest BCUT2D eigenvalue weighted by molar-refractivity contribution is 7.99. The van der Waals surface area contributed by atoms with Gasteiger partial charge in [-0.2, -0.15) is 0 Å². The van der Waals surface area contributed by atoms with Gasteiger partial charge in [-0.05, 0) is 29.8 Å². The van der Waals surface area contributed by atoms with Crippen LogP contribution in [0.3, 0.4) is 0 Å². The van der Waals surface area contributed by atoms with Gasteiger partial charge >= 0.3 is 0 Å². The zero-order chi connectivity index (χ0) is 21.4. The summed E-state index contributed by atoms with van der Waals surface area (Å²) in [6.07, 6.45) is 0. The van der Waals surface area contributed by atoms with Gasteiger partial charge in [0.2, 0.25) is 5.91 Å². The van der Waals surface area contributed by atoms with Crippen LogP contribution in [-0.4, -0.2) is 25.4 Å². The standard InChI is InChI=1S/C24H18N4O2S/c1-15(29)28-20-14-8-7-13-19(20)27-24(28)31-22(16-9-3-2-4-10-16)21-23(30)26-18-12-6-5-11-17(18)25-21/h2-14,22H,1H3,(H,26,30)/t22-/m1/s1. The average molecular weight is 427 g/mol. The predicted molar refractivity (Wildman–Crippen MR) is 123 cm³/mol. The summed E-state index contributed by atoms with van der Waals surface area (Å²) in [4.78, 5) is 37.8. The number of nitrogens with zero attached hydrogens (tertiary/aromatic N) is 3. The number of rotatable bonds is 4. The smallest absolute Gasteiger partial charge is 0.271 e. The van der Waals surface area contributed by atoms with Gasteiger partial charge in [0.1, 0.15) is 5.69 Å². The van der Waals surface area contributed by atoms with E-state index in [4.69, 9.17) is 0 Å². The minimum atomic E-state index is -0.440. The minimum Gasteiger partial charge on any atom is -0.319 e. The quantitative estimate of drug-likeness (QED) is 0.417. The highest BCUT2D eigenvalue weighted by Crippen LogP contribution is 2.39. The molecule has 0 saturated heterocycles. The van der Waals surface area contributed by atoms with Crippen molar-refractivity contribution >= 4 is 39.7 Å². The van der Waals surface area contributed by atoms with E-state index in [1.807, 2.05) is 78.9 Å². The molecule has 152 valence electrons. The number of thioether (sulfide) groups is 1. The normalized spacial score (nSPS) is 12.3. The topological polar surface area (TPSA) is 80.6 Å². The Balaban J connectivity index is 1.70. The zero-order valence-electron chi connectivity index (χ0n) is 16.6. The van der Waals surface area contributed by atoms with Gasteiger partial charge in [0, 0.05) is 6.92 Å². The van der Waals surface area contributed by atoms with E-state index in [-0.39, 0.29) is 11.5 Å². The van der Waals surface area contributed by atoms with E-state index in [1.54, 1.807) is 4.57 Å². The van der Waals surface area contributed by atoms with Crippen LogP contribution in [0.2, 0.25) is 0 Å². The summed E-state index contributed by atoms with van der Waals surface area (Å²) in [5.41, 5.74) is 3.88. The SMILES string of the molecule is CC(=O)n1c(S[C@H](c2ccccc2)c2nc3ccccc3[nH]c2=O)nc2ccccc21. The summed E-state index contributed by atoms with van der Waals surface area (Å²) in [7, 11) is 0. The predicted octanol–water partition coefficient (Wildman–Crippen LogP) is 4.81. The summed E-state index contributed by atoms with van der Waals surface area (Å²) in [6.45, 7) is 1.51. The number of fused-ring (bicyclic) bond motifs is 2. The third-order valence-electron chi connectivity index (χ3n) is 5.04. The third kappa shape index (κ3) is 3.53. The van der Waals surface area contributed by atoms with Gasteiger partial charge < -0.3 is 4.98 Å². The molecule has 0 aliphatic carbocycles. The number of nitrogens with one attached hydrogen (secondary N) is 1. The minimum absolute atomic E-state index is 0.136. The molecule has 5 aromatic rings. The van der Waals surface area contributed by atoms with E-state index in [2.05, 4.69) is 15.0 Å². The number of aromatic amines is 1. The molecule has 7 heteroatoms. The highest BCUT2D eigenvalue weighted by atomic mass is 32.2. The fourth-order valence-corrected chi connectivity index (χ4v) is 4.88. The molecule has 0 unspecified atom stereocenters. The van der Waals surface area contributed by atoms with Crippen LogP contribution in [0.1, 0.15) is 28.2 Å². The molecule has 0 saturated carbocycles. The van der Waals surface area contributed by atoms with Crippen LogP contribution in [0.25, 0.3) is 22.1 Å². The molecule has 3 aromatic carbocycles. The number of imidazole rings is 1. The molecule has 0 aliphatic rings. The number of hydrogen-bond donors (Lipinski definition) is 1. The monoisotopic (exact) mass is 426 g/mol. The van der Waals surface area contributed by atoms with Crippen LogP contribution in [0, 0.1) is 0 Å². The lowest BCUT2D eigenvalue weighted by molar-refractivity contribution is 0.0931. The van der Waals surface area contributed by atoms with Gasteiger partial charge in [-0.15, -0.1) is 0 Å². The maximum atomic E-state index is 13.0. The second kappa shape index (κ2) is 7.85. The molecule has 0 amide bonds. The third-order valence-corrected chi connectivity index (χ3v) is 6.26. The van der Waals surface area contributed by atoms with E-state index in [9.17, 15) is 9.59 Å². The maximum Gasteiger partial charge on any atom is 0.271 e. The first-order chi connectivity index (χ1) is 15.1. The zero-order valence-corrected chi connectivity index (χ0v) is 17.5. The number of carbonyl (C=O) groups is 1. The second-order valence-corrected chi connectivity index (χ2v) is 8.19. The van der Waals surface area contributed by atoms with Crippen LogP contribution in [-0.2, 0) is 0 Å². The van der Waals surface area contributed by atoms with Crippen molar-refractivity contribution in [3.63, 3.8) is 0 Å². The molecule has 0 fully saturated rings. The Labute approximate surface area is 182 Å². The summed E-state index contributed by atoms with van der Waals surface area (Å²) < 4.78 is 1.59. The van der Waals surface area contributed by atoms with E-state index >= 15 is 0 Å². The number of H-pyrrole nitrogens is 1. The van der Waals surface area contributed by atoms with Crippen molar-refractivity contribution in [2.45, 2.75) is 17.3 Å². The van der Waals surface area contributed by atoms with Gasteiger partial charge in [-0.1, -0.05) is 66.4 Å². The van der Waals surface area contributed by atoms with Crippen LogP contribution in [0.15, 0.2) is 88.8 Å². The first-order valence-corrected chi connectivity index (χ1v) is 10.7. The molecule has 1 N–H and O–H groups in total. The number of hydrogen-bond acceptors (Lipinski definition) is 5. The Kier molecular flexibility index (Phi) is 4.88. The van der Waals surface area contributed by atoms with Gasteiger partial charge in [-0.25, -0.2) is 9.97 Å². The first-order valence-electron chi connectivity index (χ1n) is 9.81. The van der Waals surface area contributed by atoms with Crippen LogP contribution in [0.5, 0.6) is 0 Å². The Morgan fingerprint density at radius 1 is 0.903 bits per heavy atom. The lowest BCUT2D eigenvalue weighted by Gasteiger charge is -2.16. The van der Waals surface area contributed by atoms with Gasteiger partial charge in [0.15, 0.2) is 5.16 Å². The van der Waals surface area contributed by atoms with E-state index in [0.717, 1.165) is 16.6 Å². The molecule has 2 aromatic heterocycles. The summed E-state index contributed by atoms with van der Waals surface area (Å²) >= 11 is 1.35. The van der Waals surface area contributed by atoms with Crippen molar-refractivity contribution in [3.8, 4) is 0 Å². The molecule has 2 heterocycles. The average Bonchev–Trinajstić information content (AvgIpc) is 3.16. The van der Waals surface area contributed by atoms with E-state index in [1.165, 1.54) is 18.7 Å². The molecular weight excluding hydrogens is 408 g/mol. The molecule has 5 rings (SSSR count). The number of benzene rings is 3. The Morgan fingerprint density at radius 3 is 2.35 bits per heavy atom. The fraction of sp³-hybridized carbons (Fsp3) is 0.0833. The van der Waals surface area contributed by atoms with Crippen LogP contribution >= 0.6 is 11.8 Å². The number of aromatic nitrogens is 4. The molecule has 6 nitrogen and oxygen atoms in total. The Bertz CT molecular complexity index is 1470.